The van der Waals surface area contributed by atoms with E-state index in [1.165, 1.54) is 0 Å². The zero-order chi connectivity index (χ0) is 17.3. The van der Waals surface area contributed by atoms with E-state index in [4.69, 9.17) is 16.3 Å². The highest BCUT2D eigenvalue weighted by molar-refractivity contribution is 6.30. The minimum Gasteiger partial charge on any atom is -0.389 e. The molecule has 1 aromatic heterocycles. The Morgan fingerprint density at radius 1 is 1.38 bits per heavy atom. The Morgan fingerprint density at radius 2 is 2.08 bits per heavy atom. The van der Waals surface area contributed by atoms with E-state index in [2.05, 4.69) is 23.8 Å². The summed E-state index contributed by atoms with van der Waals surface area (Å²) in [7, 11) is 1.90. The monoisotopic (exact) mass is 355 g/mol. The molecule has 2 atom stereocenters. The lowest BCUT2D eigenvalue weighted by molar-refractivity contribution is -0.131. The molecule has 2 aliphatic heterocycles. The molecular weight excluding hydrogens is 326 g/mol. The van der Waals surface area contributed by atoms with E-state index in [1.807, 2.05) is 7.05 Å². The molecule has 24 heavy (non-hydrogen) atoms. The lowest BCUT2D eigenvalue weighted by atomic mass is 9.70. The van der Waals surface area contributed by atoms with Crippen LogP contribution in [-0.4, -0.2) is 51.7 Å². The van der Waals surface area contributed by atoms with Gasteiger partial charge in [-0.3, -0.25) is 9.58 Å². The summed E-state index contributed by atoms with van der Waals surface area (Å²) in [5, 5.41) is 16.5. The third-order valence-electron chi connectivity index (χ3n) is 6.01. The van der Waals surface area contributed by atoms with Crippen molar-refractivity contribution in [3.63, 3.8) is 0 Å². The van der Waals surface area contributed by atoms with Gasteiger partial charge in [0.05, 0.1) is 11.3 Å². The molecule has 1 aromatic rings. The number of halogens is 1. The zero-order valence-corrected chi connectivity index (χ0v) is 15.8. The number of aromatic nitrogens is 2. The summed E-state index contributed by atoms with van der Waals surface area (Å²) in [5.41, 5.74) is 1.68. The fourth-order valence-electron chi connectivity index (χ4n) is 4.43. The fourth-order valence-corrected chi connectivity index (χ4v) is 4.64. The van der Waals surface area contributed by atoms with Crippen LogP contribution in [0.5, 0.6) is 0 Å². The quantitative estimate of drug-likeness (QED) is 0.902. The number of aliphatic hydroxyl groups is 1. The summed E-state index contributed by atoms with van der Waals surface area (Å²) in [6, 6.07) is 0. The van der Waals surface area contributed by atoms with Crippen LogP contribution in [0.1, 0.15) is 44.4 Å². The molecule has 136 valence electrons. The first-order chi connectivity index (χ1) is 11.5. The SMILES string of the molecule is CCc1nn(C)c(Cl)c1CN1CC[C@@](O)(C2CCOCC2)[C@H](C)C1. The van der Waals surface area contributed by atoms with E-state index in [0.717, 1.165) is 74.9 Å². The number of aryl methyl sites for hydroxylation is 2. The van der Waals surface area contributed by atoms with E-state index in [-0.39, 0.29) is 5.92 Å². The number of piperidine rings is 1. The van der Waals surface area contributed by atoms with Gasteiger partial charge in [0.2, 0.25) is 0 Å². The standard InChI is InChI=1S/C18H30ClN3O2/c1-4-16-15(17(19)21(3)20-16)12-22-8-7-18(23,13(2)11-22)14-5-9-24-10-6-14/h13-14,23H,4-12H2,1-3H3/t13-,18+/m1/s1. The first kappa shape index (κ1) is 18.2. The van der Waals surface area contributed by atoms with Gasteiger partial charge < -0.3 is 9.84 Å². The Balaban J connectivity index is 1.67. The van der Waals surface area contributed by atoms with Crippen LogP contribution in [0, 0.1) is 11.8 Å². The van der Waals surface area contributed by atoms with Crippen molar-refractivity contribution in [3.05, 3.63) is 16.4 Å². The minimum atomic E-state index is -0.549. The molecule has 0 aromatic carbocycles. The van der Waals surface area contributed by atoms with Crippen molar-refractivity contribution in [2.24, 2.45) is 18.9 Å². The first-order valence-electron chi connectivity index (χ1n) is 9.18. The van der Waals surface area contributed by atoms with Crippen molar-refractivity contribution in [2.75, 3.05) is 26.3 Å². The van der Waals surface area contributed by atoms with E-state index in [1.54, 1.807) is 4.68 Å². The summed E-state index contributed by atoms with van der Waals surface area (Å²) < 4.78 is 7.23. The maximum absolute atomic E-state index is 11.3. The van der Waals surface area contributed by atoms with Crippen molar-refractivity contribution in [1.29, 1.82) is 0 Å². The van der Waals surface area contributed by atoms with Crippen molar-refractivity contribution < 1.29 is 9.84 Å². The molecule has 6 heteroatoms. The van der Waals surface area contributed by atoms with Crippen LogP contribution in [0.4, 0.5) is 0 Å². The summed E-state index contributed by atoms with van der Waals surface area (Å²) >= 11 is 6.44. The average molecular weight is 356 g/mol. The first-order valence-corrected chi connectivity index (χ1v) is 9.56. The van der Waals surface area contributed by atoms with Crippen LogP contribution in [0.15, 0.2) is 0 Å². The predicted octanol–water partition coefficient (Wildman–Crippen LogP) is 2.64. The molecule has 5 nitrogen and oxygen atoms in total. The second-order valence-electron chi connectivity index (χ2n) is 7.46. The fraction of sp³-hybridized carbons (Fsp3) is 0.833. The largest absolute Gasteiger partial charge is 0.389 e. The van der Waals surface area contributed by atoms with Crippen LogP contribution in [-0.2, 0) is 24.8 Å². The second-order valence-corrected chi connectivity index (χ2v) is 7.82. The highest BCUT2D eigenvalue weighted by Gasteiger charge is 2.45. The molecule has 1 N–H and O–H groups in total. The van der Waals surface area contributed by atoms with E-state index >= 15 is 0 Å². The predicted molar refractivity (Wildman–Crippen MR) is 95.1 cm³/mol. The number of nitrogens with zero attached hydrogens (tertiary/aromatic N) is 3. The molecule has 3 heterocycles. The number of hydrogen-bond acceptors (Lipinski definition) is 4. The molecule has 2 saturated heterocycles. The lowest BCUT2D eigenvalue weighted by Gasteiger charge is -2.48. The summed E-state index contributed by atoms with van der Waals surface area (Å²) in [5.74, 6) is 0.631. The molecule has 0 aliphatic carbocycles. The number of likely N-dealkylation sites (tertiary alicyclic amines) is 1. The van der Waals surface area contributed by atoms with Gasteiger partial charge in [-0.25, -0.2) is 0 Å². The molecule has 0 radical (unpaired) electrons. The van der Waals surface area contributed by atoms with Gasteiger partial charge >= 0.3 is 0 Å². The summed E-state index contributed by atoms with van der Waals surface area (Å²) in [4.78, 5) is 2.42. The third kappa shape index (κ3) is 3.36. The van der Waals surface area contributed by atoms with Gasteiger partial charge in [0, 0.05) is 45.5 Å². The highest BCUT2D eigenvalue weighted by atomic mass is 35.5. The Kier molecular flexibility index (Phi) is 5.55. The van der Waals surface area contributed by atoms with Crippen LogP contribution < -0.4 is 0 Å². The van der Waals surface area contributed by atoms with Crippen molar-refractivity contribution >= 4 is 11.6 Å². The minimum absolute atomic E-state index is 0.259. The van der Waals surface area contributed by atoms with Gasteiger partial charge in [0.15, 0.2) is 0 Å². The Hall–Kier alpha value is -0.620. The number of ether oxygens (including phenoxy) is 1. The Morgan fingerprint density at radius 3 is 2.71 bits per heavy atom. The average Bonchev–Trinajstić information content (AvgIpc) is 2.87. The van der Waals surface area contributed by atoms with E-state index in [9.17, 15) is 5.11 Å². The Labute approximate surface area is 149 Å². The van der Waals surface area contributed by atoms with Gasteiger partial charge in [-0.15, -0.1) is 0 Å². The molecular formula is C18H30ClN3O2. The number of hydrogen-bond donors (Lipinski definition) is 1. The lowest BCUT2D eigenvalue weighted by Crippen LogP contribution is -2.55. The van der Waals surface area contributed by atoms with Gasteiger partial charge in [-0.2, -0.15) is 5.10 Å². The normalized spacial score (nSPS) is 30.0. The van der Waals surface area contributed by atoms with Gasteiger partial charge in [-0.1, -0.05) is 25.4 Å². The zero-order valence-electron chi connectivity index (χ0n) is 15.1. The molecule has 0 amide bonds. The van der Waals surface area contributed by atoms with Gasteiger partial charge in [-0.05, 0) is 37.5 Å². The van der Waals surface area contributed by atoms with Crippen molar-refractivity contribution in [3.8, 4) is 0 Å². The van der Waals surface area contributed by atoms with Crippen LogP contribution in [0.3, 0.4) is 0 Å². The van der Waals surface area contributed by atoms with Crippen LogP contribution in [0.2, 0.25) is 5.15 Å². The van der Waals surface area contributed by atoms with E-state index in [0.29, 0.717) is 5.92 Å². The van der Waals surface area contributed by atoms with Gasteiger partial charge in [0.1, 0.15) is 5.15 Å². The van der Waals surface area contributed by atoms with Gasteiger partial charge in [0.25, 0.3) is 0 Å². The number of rotatable bonds is 4. The van der Waals surface area contributed by atoms with Crippen LogP contribution in [0.25, 0.3) is 0 Å². The topological polar surface area (TPSA) is 50.5 Å². The maximum atomic E-state index is 11.3. The third-order valence-corrected chi connectivity index (χ3v) is 6.48. The molecule has 0 bridgehead atoms. The molecule has 0 saturated carbocycles. The van der Waals surface area contributed by atoms with Crippen LogP contribution >= 0.6 is 11.6 Å². The van der Waals surface area contributed by atoms with E-state index < -0.39 is 5.60 Å². The summed E-state index contributed by atoms with van der Waals surface area (Å²) in [6.07, 6.45) is 3.69. The molecule has 0 spiro atoms. The molecule has 0 unspecified atom stereocenters. The molecule has 3 rings (SSSR count). The Bertz CT molecular complexity index is 571. The second kappa shape index (κ2) is 7.32. The van der Waals surface area contributed by atoms with Crippen molar-refractivity contribution in [2.45, 2.75) is 51.7 Å². The smallest absolute Gasteiger partial charge is 0.131 e. The maximum Gasteiger partial charge on any atom is 0.131 e. The highest BCUT2D eigenvalue weighted by Crippen LogP contribution is 2.40. The molecule has 2 aliphatic rings. The molecule has 2 fully saturated rings. The van der Waals surface area contributed by atoms with Crippen molar-refractivity contribution in [1.82, 2.24) is 14.7 Å². The summed E-state index contributed by atoms with van der Waals surface area (Å²) in [6.45, 7) is 8.51.